The summed E-state index contributed by atoms with van der Waals surface area (Å²) in [6.07, 6.45) is -9.66. The quantitative estimate of drug-likeness (QED) is 0.263. The summed E-state index contributed by atoms with van der Waals surface area (Å²) in [5.74, 6) is -2.14. The maximum Gasteiger partial charge on any atom is 0.371 e. The van der Waals surface area contributed by atoms with Crippen molar-refractivity contribution >= 4 is 5.97 Å². The van der Waals surface area contributed by atoms with Crippen LogP contribution in [0.15, 0.2) is 11.8 Å². The van der Waals surface area contributed by atoms with E-state index in [1.807, 2.05) is 0 Å². The van der Waals surface area contributed by atoms with Gasteiger partial charge in [-0.3, -0.25) is 0 Å². The van der Waals surface area contributed by atoms with Gasteiger partial charge in [-0.05, 0) is 6.08 Å². The molecule has 2 aliphatic rings. The van der Waals surface area contributed by atoms with E-state index in [1.165, 1.54) is 0 Å². The lowest BCUT2D eigenvalue weighted by molar-refractivity contribution is -0.304. The molecule has 0 bridgehead atoms. The zero-order chi connectivity index (χ0) is 17.3. The van der Waals surface area contributed by atoms with E-state index in [9.17, 15) is 30.3 Å². The van der Waals surface area contributed by atoms with Crippen molar-refractivity contribution < 1.29 is 49.6 Å². The smallest absolute Gasteiger partial charge is 0.371 e. The highest BCUT2D eigenvalue weighted by Gasteiger charge is 2.47. The van der Waals surface area contributed by atoms with Crippen LogP contribution < -0.4 is 5.73 Å². The third kappa shape index (κ3) is 3.62. The molecule has 0 spiro atoms. The lowest BCUT2D eigenvalue weighted by atomic mass is 9.97. The third-order valence-electron chi connectivity index (χ3n) is 3.62. The van der Waals surface area contributed by atoms with E-state index in [-0.39, 0.29) is 0 Å². The van der Waals surface area contributed by atoms with Crippen LogP contribution in [0.1, 0.15) is 0 Å². The molecule has 23 heavy (non-hydrogen) atoms. The molecule has 132 valence electrons. The van der Waals surface area contributed by atoms with Crippen LogP contribution >= 0.6 is 0 Å². The molecule has 8 atom stereocenters. The molecule has 1 fully saturated rings. The van der Waals surface area contributed by atoms with E-state index < -0.39 is 67.5 Å². The minimum atomic E-state index is -1.65. The van der Waals surface area contributed by atoms with Crippen molar-refractivity contribution in [2.75, 3.05) is 6.61 Å². The van der Waals surface area contributed by atoms with Crippen LogP contribution in [-0.2, 0) is 19.0 Å². The van der Waals surface area contributed by atoms with Crippen molar-refractivity contribution in [3.8, 4) is 0 Å². The predicted octanol–water partition coefficient (Wildman–Crippen LogP) is -4.18. The van der Waals surface area contributed by atoms with Crippen molar-refractivity contribution in [2.24, 2.45) is 5.73 Å². The van der Waals surface area contributed by atoms with E-state index in [2.05, 4.69) is 0 Å². The highest BCUT2D eigenvalue weighted by atomic mass is 16.7. The Morgan fingerprint density at radius 1 is 1.26 bits per heavy atom. The highest BCUT2D eigenvalue weighted by molar-refractivity contribution is 5.84. The molecule has 0 aromatic heterocycles. The minimum absolute atomic E-state index is 0.649. The fourth-order valence-electron chi connectivity index (χ4n) is 2.30. The number of aliphatic hydroxyl groups excluding tert-OH is 5. The molecule has 1 saturated heterocycles. The Kier molecular flexibility index (Phi) is 5.54. The molecule has 11 heteroatoms. The van der Waals surface area contributed by atoms with Crippen LogP contribution in [0.4, 0.5) is 0 Å². The van der Waals surface area contributed by atoms with Crippen LogP contribution in [0.5, 0.6) is 0 Å². The molecule has 0 saturated carbocycles. The zero-order valence-corrected chi connectivity index (χ0v) is 11.8. The zero-order valence-electron chi connectivity index (χ0n) is 11.8. The first-order valence-corrected chi connectivity index (χ1v) is 6.77. The molecule has 0 aromatic carbocycles. The van der Waals surface area contributed by atoms with Gasteiger partial charge in [0.15, 0.2) is 6.29 Å². The second kappa shape index (κ2) is 7.07. The van der Waals surface area contributed by atoms with Gasteiger partial charge in [0.05, 0.1) is 12.6 Å². The normalized spacial score (nSPS) is 44.3. The Balaban J connectivity index is 2.15. The third-order valence-corrected chi connectivity index (χ3v) is 3.62. The minimum Gasteiger partial charge on any atom is -0.475 e. The van der Waals surface area contributed by atoms with Crippen LogP contribution in [0.2, 0.25) is 0 Å². The molecule has 2 rings (SSSR count). The summed E-state index contributed by atoms with van der Waals surface area (Å²) in [6, 6.07) is -1.26. The molecular weight excluding hydrogens is 318 g/mol. The van der Waals surface area contributed by atoms with Gasteiger partial charge in [-0.1, -0.05) is 0 Å². The van der Waals surface area contributed by atoms with Gasteiger partial charge in [0.2, 0.25) is 12.0 Å². The van der Waals surface area contributed by atoms with E-state index in [1.54, 1.807) is 0 Å². The lowest BCUT2D eigenvalue weighted by Gasteiger charge is -2.43. The largest absolute Gasteiger partial charge is 0.475 e. The summed E-state index contributed by atoms with van der Waals surface area (Å²) in [4.78, 5) is 10.9. The average Bonchev–Trinajstić information content (AvgIpc) is 2.51. The molecule has 1 unspecified atom stereocenters. The maximum atomic E-state index is 10.9. The number of aliphatic carboxylic acids is 1. The molecule has 8 N–H and O–H groups in total. The molecule has 2 aliphatic heterocycles. The van der Waals surface area contributed by atoms with Crippen LogP contribution in [0.25, 0.3) is 0 Å². The number of carbonyl (C=O) groups is 1. The molecule has 0 radical (unpaired) electrons. The average molecular weight is 337 g/mol. The molecule has 2 heterocycles. The number of carboxylic acid groups (broad SMARTS) is 1. The van der Waals surface area contributed by atoms with E-state index in [0.29, 0.717) is 0 Å². The predicted molar refractivity (Wildman–Crippen MR) is 69.4 cm³/mol. The number of ether oxygens (including phenoxy) is 3. The number of nitrogens with two attached hydrogens (primary N) is 1. The van der Waals surface area contributed by atoms with E-state index >= 15 is 0 Å². The van der Waals surface area contributed by atoms with Crippen molar-refractivity contribution in [3.05, 3.63) is 11.8 Å². The van der Waals surface area contributed by atoms with Gasteiger partial charge in [0, 0.05) is 0 Å². The second-order valence-electron chi connectivity index (χ2n) is 5.22. The summed E-state index contributed by atoms with van der Waals surface area (Å²) < 4.78 is 15.2. The fraction of sp³-hybridized carbons (Fsp3) is 0.750. The number of carboxylic acids is 1. The van der Waals surface area contributed by atoms with Crippen molar-refractivity contribution in [1.29, 1.82) is 0 Å². The van der Waals surface area contributed by atoms with Crippen molar-refractivity contribution in [2.45, 2.75) is 49.1 Å². The number of rotatable bonds is 4. The first kappa shape index (κ1) is 18.0. The Bertz CT molecular complexity index is 469. The summed E-state index contributed by atoms with van der Waals surface area (Å²) in [5, 5.41) is 57.1. The van der Waals surface area contributed by atoms with E-state index in [0.717, 1.165) is 6.08 Å². The summed E-state index contributed by atoms with van der Waals surface area (Å²) in [7, 11) is 0. The number of hydrogen-bond acceptors (Lipinski definition) is 10. The molecular formula is C12H19NO10. The van der Waals surface area contributed by atoms with Gasteiger partial charge in [0.25, 0.3) is 0 Å². The molecule has 0 amide bonds. The highest BCUT2D eigenvalue weighted by Crippen LogP contribution is 2.27. The fourth-order valence-corrected chi connectivity index (χ4v) is 2.30. The second-order valence-corrected chi connectivity index (χ2v) is 5.22. The lowest BCUT2D eigenvalue weighted by Crippen LogP contribution is -2.64. The first-order valence-electron chi connectivity index (χ1n) is 6.77. The van der Waals surface area contributed by atoms with E-state index in [4.69, 9.17) is 25.1 Å². The van der Waals surface area contributed by atoms with Crippen LogP contribution in [0, 0.1) is 0 Å². The summed E-state index contributed by atoms with van der Waals surface area (Å²) in [6.45, 7) is -0.654. The Hall–Kier alpha value is -1.31. The summed E-state index contributed by atoms with van der Waals surface area (Å²) in [5.41, 5.74) is 5.53. The summed E-state index contributed by atoms with van der Waals surface area (Å²) >= 11 is 0. The van der Waals surface area contributed by atoms with Gasteiger partial charge >= 0.3 is 5.97 Å². The van der Waals surface area contributed by atoms with Crippen molar-refractivity contribution in [1.82, 2.24) is 0 Å². The number of aliphatic hydroxyl groups is 5. The SMILES string of the molecule is N[C@H]1C(O)O[C@H](CO)[C@@H](O[C@@H]2OC(C(=O)O)=C[C@H](O)[C@H]2O)[C@@H]1O. The standard InChI is InChI=1S/C12H19NO10/c13-6-8(17)9(5(2-14)21-11(6)20)23-12-7(16)3(15)1-4(22-12)10(18)19/h1,3,5-9,11-12,14-17,20H,2,13H2,(H,18,19)/t3-,5+,6+,7+,8+,9+,11?,12-/m0/s1. The first-order chi connectivity index (χ1) is 10.8. The number of hydrogen-bond donors (Lipinski definition) is 7. The van der Waals surface area contributed by atoms with Crippen LogP contribution in [-0.4, -0.2) is 92.4 Å². The Morgan fingerprint density at radius 3 is 2.48 bits per heavy atom. The van der Waals surface area contributed by atoms with Gasteiger partial charge in [-0.15, -0.1) is 0 Å². The Labute approximate surface area is 130 Å². The maximum absolute atomic E-state index is 10.9. The Morgan fingerprint density at radius 2 is 1.91 bits per heavy atom. The van der Waals surface area contributed by atoms with Gasteiger partial charge < -0.3 is 50.6 Å². The molecule has 0 aromatic rings. The van der Waals surface area contributed by atoms with Crippen molar-refractivity contribution in [3.63, 3.8) is 0 Å². The van der Waals surface area contributed by atoms with Crippen LogP contribution in [0.3, 0.4) is 0 Å². The monoisotopic (exact) mass is 337 g/mol. The topological polar surface area (TPSA) is 192 Å². The molecule has 0 aliphatic carbocycles. The molecule has 11 nitrogen and oxygen atoms in total. The van der Waals surface area contributed by atoms with Gasteiger partial charge in [-0.2, -0.15) is 0 Å². The van der Waals surface area contributed by atoms with Gasteiger partial charge in [-0.25, -0.2) is 4.79 Å². The van der Waals surface area contributed by atoms with Gasteiger partial charge in [0.1, 0.15) is 30.5 Å².